The molecule has 0 radical (unpaired) electrons. The van der Waals surface area contributed by atoms with Crippen LogP contribution in [-0.2, 0) is 52.3 Å². The van der Waals surface area contributed by atoms with Gasteiger partial charge in [-0.2, -0.15) is 0 Å². The molecule has 200 valence electrons. The van der Waals surface area contributed by atoms with Crippen LogP contribution in [0.2, 0.25) is 0 Å². The normalized spacial score (nSPS) is 37.1. The van der Waals surface area contributed by atoms with Gasteiger partial charge in [-0.3, -0.25) is 19.2 Å². The van der Waals surface area contributed by atoms with Crippen LogP contribution >= 0.6 is 0 Å². The predicted molar refractivity (Wildman–Crippen MR) is 107 cm³/mol. The summed E-state index contributed by atoms with van der Waals surface area (Å²) in [5, 5.41) is 41.9. The highest BCUT2D eigenvalue weighted by atomic mass is 16.7. The van der Waals surface area contributed by atoms with Crippen LogP contribution in [0.3, 0.4) is 0 Å². The Kier molecular flexibility index (Phi) is 10.3. The molecule has 15 heteroatoms. The largest absolute Gasteiger partial charge is 0.463 e. The van der Waals surface area contributed by atoms with E-state index in [1.54, 1.807) is 0 Å². The first-order valence-electron chi connectivity index (χ1n) is 10.6. The van der Waals surface area contributed by atoms with Gasteiger partial charge in [-0.15, -0.1) is 0 Å². The van der Waals surface area contributed by atoms with Crippen molar-refractivity contribution in [1.82, 2.24) is 0 Å². The standard InChI is InChI=1S/C20H30O15/c1-7(21)29-5-11-13(25)14(26)18(32-10(4)24)20(34-11)35-16-12(6-30-8(2)22)33-19(28)17(15(16)27)31-9(3)23/h11-20,25-28H,5-6H2,1-4H3/t11-,12-,13-,14+,15+,16-,17-,18-,19-,20+/m1/s1. The van der Waals surface area contributed by atoms with Crippen LogP contribution in [0.15, 0.2) is 0 Å². The number of hydrogen-bond acceptors (Lipinski definition) is 15. The summed E-state index contributed by atoms with van der Waals surface area (Å²) < 4.78 is 36.3. The van der Waals surface area contributed by atoms with Gasteiger partial charge in [0.05, 0.1) is 0 Å². The first-order valence-corrected chi connectivity index (χ1v) is 10.6. The van der Waals surface area contributed by atoms with Gasteiger partial charge in [0, 0.05) is 27.7 Å². The molecule has 2 fully saturated rings. The maximum Gasteiger partial charge on any atom is 0.303 e. The number of carbonyl (C=O) groups excluding carboxylic acids is 4. The van der Waals surface area contributed by atoms with Gasteiger partial charge in [-0.05, 0) is 0 Å². The molecule has 2 aliphatic heterocycles. The van der Waals surface area contributed by atoms with Crippen LogP contribution < -0.4 is 0 Å². The van der Waals surface area contributed by atoms with E-state index in [4.69, 9.17) is 33.2 Å². The summed E-state index contributed by atoms with van der Waals surface area (Å²) in [6.07, 6.45) is -16.2. The summed E-state index contributed by atoms with van der Waals surface area (Å²) in [5.41, 5.74) is 0. The molecule has 2 aliphatic rings. The van der Waals surface area contributed by atoms with Gasteiger partial charge < -0.3 is 53.6 Å². The smallest absolute Gasteiger partial charge is 0.303 e. The van der Waals surface area contributed by atoms with E-state index in [2.05, 4.69) is 0 Å². The van der Waals surface area contributed by atoms with Crippen molar-refractivity contribution < 1.29 is 72.8 Å². The molecule has 4 N–H and O–H groups in total. The Morgan fingerprint density at radius 2 is 1.14 bits per heavy atom. The topological polar surface area (TPSA) is 214 Å². The third-order valence-corrected chi connectivity index (χ3v) is 5.08. The maximum atomic E-state index is 11.6. The summed E-state index contributed by atoms with van der Waals surface area (Å²) in [7, 11) is 0. The van der Waals surface area contributed by atoms with Crippen molar-refractivity contribution in [2.45, 2.75) is 89.1 Å². The zero-order chi connectivity index (χ0) is 26.4. The molecule has 0 saturated carbocycles. The summed E-state index contributed by atoms with van der Waals surface area (Å²) in [4.78, 5) is 45.5. The van der Waals surface area contributed by atoms with Gasteiger partial charge in [0.25, 0.3) is 0 Å². The predicted octanol–water partition coefficient (Wildman–Crippen LogP) is -3.11. The second-order valence-electron chi connectivity index (χ2n) is 7.93. The second kappa shape index (κ2) is 12.5. The number of aliphatic hydroxyl groups is 4. The molecule has 0 aromatic rings. The fourth-order valence-electron chi connectivity index (χ4n) is 3.55. The van der Waals surface area contributed by atoms with Crippen molar-refractivity contribution in [2.75, 3.05) is 13.2 Å². The number of esters is 4. The van der Waals surface area contributed by atoms with Crippen LogP contribution in [0.25, 0.3) is 0 Å². The number of aliphatic hydroxyl groups excluding tert-OH is 4. The second-order valence-corrected chi connectivity index (χ2v) is 7.93. The van der Waals surface area contributed by atoms with Crippen LogP contribution in [0.4, 0.5) is 0 Å². The molecule has 2 heterocycles. The average Bonchev–Trinajstić information content (AvgIpc) is 2.75. The molecular formula is C20H30O15. The molecule has 0 aliphatic carbocycles. The van der Waals surface area contributed by atoms with E-state index in [1.165, 1.54) is 0 Å². The summed E-state index contributed by atoms with van der Waals surface area (Å²) in [6.45, 7) is 3.24. The fourth-order valence-corrected chi connectivity index (χ4v) is 3.55. The molecule has 2 rings (SSSR count). The van der Waals surface area contributed by atoms with Crippen molar-refractivity contribution in [3.05, 3.63) is 0 Å². The third-order valence-electron chi connectivity index (χ3n) is 5.08. The molecule has 15 nitrogen and oxygen atoms in total. The minimum atomic E-state index is -1.82. The molecule has 10 atom stereocenters. The lowest BCUT2D eigenvalue weighted by Gasteiger charge is -2.46. The minimum Gasteiger partial charge on any atom is -0.463 e. The van der Waals surface area contributed by atoms with Crippen LogP contribution in [0.1, 0.15) is 27.7 Å². The van der Waals surface area contributed by atoms with Gasteiger partial charge in [-0.1, -0.05) is 0 Å². The Morgan fingerprint density at radius 3 is 1.66 bits per heavy atom. The Balaban J connectivity index is 2.34. The number of ether oxygens (including phenoxy) is 7. The monoisotopic (exact) mass is 510 g/mol. The maximum absolute atomic E-state index is 11.6. The Morgan fingerprint density at radius 1 is 0.629 bits per heavy atom. The minimum absolute atomic E-state index is 0.504. The summed E-state index contributed by atoms with van der Waals surface area (Å²) >= 11 is 0. The van der Waals surface area contributed by atoms with E-state index in [0.717, 1.165) is 27.7 Å². The molecule has 0 unspecified atom stereocenters. The first-order chi connectivity index (χ1) is 16.3. The molecule has 0 bridgehead atoms. The number of carbonyl (C=O) groups is 4. The Hall–Kier alpha value is -2.40. The zero-order valence-electron chi connectivity index (χ0n) is 19.5. The SMILES string of the molecule is CC(=O)OC[C@H]1O[C@@H](O[C@H]2[C@H](O)[C@@H](OC(C)=O)[C@H](O)O[C@@H]2COC(C)=O)[C@H](OC(C)=O)[C@@H](O)[C@@H]1O. The number of rotatable bonds is 8. The average molecular weight is 510 g/mol. The van der Waals surface area contributed by atoms with Crippen LogP contribution in [-0.4, -0.2) is 119 Å². The highest BCUT2D eigenvalue weighted by Gasteiger charge is 2.53. The van der Waals surface area contributed by atoms with E-state index in [0.29, 0.717) is 0 Å². The van der Waals surface area contributed by atoms with Gasteiger partial charge in [0.1, 0.15) is 49.8 Å². The third kappa shape index (κ3) is 7.79. The summed E-state index contributed by atoms with van der Waals surface area (Å²) in [5.74, 6) is -3.15. The van der Waals surface area contributed by atoms with Gasteiger partial charge >= 0.3 is 23.9 Å². The highest BCUT2D eigenvalue weighted by molar-refractivity contribution is 5.67. The molecule has 0 aromatic heterocycles. The zero-order valence-corrected chi connectivity index (χ0v) is 19.5. The van der Waals surface area contributed by atoms with Crippen molar-refractivity contribution in [3.63, 3.8) is 0 Å². The van der Waals surface area contributed by atoms with E-state index < -0.39 is 98.5 Å². The molecule has 0 spiro atoms. The van der Waals surface area contributed by atoms with Crippen molar-refractivity contribution in [3.8, 4) is 0 Å². The van der Waals surface area contributed by atoms with Gasteiger partial charge in [-0.25, -0.2) is 0 Å². The first kappa shape index (κ1) is 28.8. The van der Waals surface area contributed by atoms with Gasteiger partial charge in [0.2, 0.25) is 0 Å². The van der Waals surface area contributed by atoms with Crippen molar-refractivity contribution >= 4 is 23.9 Å². The molecular weight excluding hydrogens is 480 g/mol. The van der Waals surface area contributed by atoms with Gasteiger partial charge in [0.15, 0.2) is 24.8 Å². The lowest BCUT2D eigenvalue weighted by molar-refractivity contribution is -0.356. The van der Waals surface area contributed by atoms with E-state index in [9.17, 15) is 39.6 Å². The van der Waals surface area contributed by atoms with Crippen molar-refractivity contribution in [1.29, 1.82) is 0 Å². The van der Waals surface area contributed by atoms with Crippen LogP contribution in [0.5, 0.6) is 0 Å². The molecule has 2 saturated heterocycles. The van der Waals surface area contributed by atoms with E-state index in [1.807, 2.05) is 0 Å². The van der Waals surface area contributed by atoms with E-state index >= 15 is 0 Å². The van der Waals surface area contributed by atoms with E-state index in [-0.39, 0.29) is 0 Å². The molecule has 0 amide bonds. The quantitative estimate of drug-likeness (QED) is 0.188. The summed E-state index contributed by atoms with van der Waals surface area (Å²) in [6, 6.07) is 0. The lowest BCUT2D eigenvalue weighted by Crippen LogP contribution is -2.65. The lowest BCUT2D eigenvalue weighted by atomic mass is 9.96. The van der Waals surface area contributed by atoms with Crippen molar-refractivity contribution in [2.24, 2.45) is 0 Å². The molecule has 0 aromatic carbocycles. The Labute approximate surface area is 199 Å². The fraction of sp³-hybridized carbons (Fsp3) is 0.800. The molecule has 35 heavy (non-hydrogen) atoms. The number of hydrogen-bond donors (Lipinski definition) is 4. The highest BCUT2D eigenvalue weighted by Crippen LogP contribution is 2.31. The van der Waals surface area contributed by atoms with Crippen LogP contribution in [0, 0.1) is 0 Å². The Bertz CT molecular complexity index is 768.